The van der Waals surface area contributed by atoms with Gasteiger partial charge in [-0.15, -0.1) is 11.3 Å². The highest BCUT2D eigenvalue weighted by molar-refractivity contribution is 7.11. The lowest BCUT2D eigenvalue weighted by molar-refractivity contribution is -0.120. The molecule has 5 aromatic rings. The van der Waals surface area contributed by atoms with Gasteiger partial charge in [0, 0.05) is 5.92 Å². The van der Waals surface area contributed by atoms with Crippen LogP contribution in [-0.2, 0) is 19.7 Å². The molecule has 0 saturated heterocycles. The Morgan fingerprint density at radius 3 is 1.62 bits per heavy atom. The van der Waals surface area contributed by atoms with E-state index in [2.05, 4.69) is 97.0 Å². The molecule has 6 atom stereocenters. The molecular weight excluding hydrogens is 805 g/mol. The number of carbonyl (C=O) groups is 2. The Balaban J connectivity index is 0.000000485. The summed E-state index contributed by atoms with van der Waals surface area (Å²) in [6.07, 6.45) is 4.69. The van der Waals surface area contributed by atoms with Gasteiger partial charge in [0.2, 0.25) is 0 Å². The van der Waals surface area contributed by atoms with E-state index in [-0.39, 0.29) is 30.5 Å². The molecule has 0 amide bonds. The van der Waals surface area contributed by atoms with Crippen molar-refractivity contribution in [3.63, 3.8) is 0 Å². The van der Waals surface area contributed by atoms with E-state index >= 15 is 0 Å². The number of hydrogen-bond acceptors (Lipinski definition) is 8. The molecule has 0 aliphatic heterocycles. The number of benzene rings is 4. The lowest BCUT2D eigenvalue weighted by Gasteiger charge is -2.27. The van der Waals surface area contributed by atoms with Crippen LogP contribution in [0.15, 0.2) is 115 Å². The van der Waals surface area contributed by atoms with Crippen LogP contribution in [0.1, 0.15) is 169 Å². The van der Waals surface area contributed by atoms with E-state index in [0.29, 0.717) is 45.8 Å². The molecule has 342 valence electrons. The van der Waals surface area contributed by atoms with Crippen LogP contribution in [0.2, 0.25) is 0 Å². The summed E-state index contributed by atoms with van der Waals surface area (Å²) in [4.78, 5) is 22.9. The smallest absolute Gasteiger partial charge is 0.348 e. The van der Waals surface area contributed by atoms with Crippen molar-refractivity contribution >= 4 is 23.1 Å². The zero-order valence-corrected chi connectivity index (χ0v) is 40.5. The minimum absolute atomic E-state index is 0.136. The first-order valence-corrected chi connectivity index (χ1v) is 23.6. The predicted octanol–water partition coefficient (Wildman–Crippen LogP) is 14.7. The highest BCUT2D eigenvalue weighted by Crippen LogP contribution is 2.39. The molecule has 0 spiro atoms. The van der Waals surface area contributed by atoms with Crippen LogP contribution in [0.5, 0.6) is 17.2 Å². The number of rotatable bonds is 19. The quantitative estimate of drug-likeness (QED) is 0.0484. The lowest BCUT2D eigenvalue weighted by Crippen LogP contribution is -2.20. The molecule has 0 bridgehead atoms. The standard InChI is InChI=1S/C39H48O5S.C10H14O.C6H12O/c1-7-29(31-14-20-36(21-15-31)44-28(3)42-22-23-43-38(41)37-9-8-24-45-37)26-33(32-12-18-35(40)19-13-32)25-27(2)30-10-16-34(17-11-30)39(4,5)6;1-3-8(2)9-4-6-10(11)7-5-9;1-4-5(2)6(3)7/h8-21,24,27-29,33,40H,7,22-23,25-26H2,1-6H3;4-8,11H,3H2,1-2H3;5H,4H2,1-3H3. The summed E-state index contributed by atoms with van der Waals surface area (Å²) in [5.41, 5.74) is 6.69. The molecule has 63 heavy (non-hydrogen) atoms. The second-order valence-corrected chi connectivity index (χ2v) is 18.6. The maximum absolute atomic E-state index is 12.0. The molecule has 5 rings (SSSR count). The zero-order chi connectivity index (χ0) is 46.5. The fourth-order valence-electron chi connectivity index (χ4n) is 7.06. The number of aromatic hydroxyl groups is 2. The Bertz CT molecular complexity index is 2020. The van der Waals surface area contributed by atoms with Crippen molar-refractivity contribution in [2.24, 2.45) is 5.92 Å². The molecule has 0 saturated carbocycles. The Hall–Kier alpha value is -4.92. The van der Waals surface area contributed by atoms with Crippen molar-refractivity contribution in [1.82, 2.24) is 0 Å². The third-order valence-electron chi connectivity index (χ3n) is 11.8. The zero-order valence-electron chi connectivity index (χ0n) is 39.7. The van der Waals surface area contributed by atoms with Gasteiger partial charge in [0.1, 0.15) is 34.5 Å². The molecule has 0 aliphatic rings. The van der Waals surface area contributed by atoms with E-state index in [1.54, 1.807) is 37.3 Å². The van der Waals surface area contributed by atoms with E-state index in [0.717, 1.165) is 37.9 Å². The van der Waals surface area contributed by atoms with Crippen LogP contribution in [0.4, 0.5) is 0 Å². The molecule has 1 aromatic heterocycles. The molecule has 0 radical (unpaired) electrons. The monoisotopic (exact) mass is 879 g/mol. The Kier molecular flexibility index (Phi) is 22.2. The number of thiophene rings is 1. The Labute approximate surface area is 382 Å². The Morgan fingerprint density at radius 1 is 0.619 bits per heavy atom. The average Bonchev–Trinajstić information content (AvgIpc) is 3.83. The third-order valence-corrected chi connectivity index (χ3v) is 12.7. The number of Topliss-reactive ketones (excluding diaryl/α,β-unsaturated/α-hetero) is 1. The van der Waals surface area contributed by atoms with Gasteiger partial charge in [-0.2, -0.15) is 0 Å². The highest BCUT2D eigenvalue weighted by Gasteiger charge is 2.23. The second-order valence-electron chi connectivity index (χ2n) is 17.7. The van der Waals surface area contributed by atoms with Crippen molar-refractivity contribution in [2.45, 2.75) is 144 Å². The van der Waals surface area contributed by atoms with E-state index in [1.807, 2.05) is 56.5 Å². The summed E-state index contributed by atoms with van der Waals surface area (Å²) in [6, 6.07) is 36.2. The van der Waals surface area contributed by atoms with Gasteiger partial charge in [0.05, 0.1) is 6.61 Å². The molecule has 1 heterocycles. The number of esters is 1. The maximum Gasteiger partial charge on any atom is 0.348 e. The van der Waals surface area contributed by atoms with E-state index < -0.39 is 6.29 Å². The molecule has 0 aliphatic carbocycles. The van der Waals surface area contributed by atoms with Gasteiger partial charge < -0.3 is 24.4 Å². The number of phenolic OH excluding ortho intramolecular Hbond substituents is 2. The molecule has 4 aromatic carbocycles. The van der Waals surface area contributed by atoms with Crippen molar-refractivity contribution in [2.75, 3.05) is 13.2 Å². The molecule has 6 unspecified atom stereocenters. The van der Waals surface area contributed by atoms with Crippen LogP contribution in [0.25, 0.3) is 0 Å². The van der Waals surface area contributed by atoms with Gasteiger partial charge in [-0.3, -0.25) is 4.79 Å². The van der Waals surface area contributed by atoms with Gasteiger partial charge in [-0.05, 0) is 151 Å². The largest absolute Gasteiger partial charge is 0.508 e. The number of ketones is 1. The average molecular weight is 879 g/mol. The number of hydrogen-bond donors (Lipinski definition) is 2. The predicted molar refractivity (Wildman–Crippen MR) is 261 cm³/mol. The second kappa shape index (κ2) is 26.6. The summed E-state index contributed by atoms with van der Waals surface area (Å²) in [6.45, 7) is 23.5. The topological polar surface area (TPSA) is 102 Å². The maximum atomic E-state index is 12.0. The van der Waals surface area contributed by atoms with Gasteiger partial charge in [0.25, 0.3) is 0 Å². The van der Waals surface area contributed by atoms with Gasteiger partial charge in [-0.25, -0.2) is 4.79 Å². The van der Waals surface area contributed by atoms with Crippen molar-refractivity contribution in [1.29, 1.82) is 0 Å². The SMILES string of the molecule is CCC(C)C(C)=O.CCC(C)c1ccc(O)cc1.CCC(CC(CC(C)c1ccc(C(C)(C)C)cc1)c1ccc(O)cc1)c1ccc(OC(C)OCCOC(=O)c2cccs2)cc1. The first-order chi connectivity index (χ1) is 29.9. The van der Waals surface area contributed by atoms with E-state index in [9.17, 15) is 14.7 Å². The van der Waals surface area contributed by atoms with E-state index in [1.165, 1.54) is 39.2 Å². The van der Waals surface area contributed by atoms with Crippen LogP contribution in [0, 0.1) is 5.92 Å². The summed E-state index contributed by atoms with van der Waals surface area (Å²) in [5.74, 6) is 3.30. The molecule has 8 heteroatoms. The first kappa shape index (κ1) is 52.4. The molecular formula is C55H74O7S. The van der Waals surface area contributed by atoms with Crippen LogP contribution >= 0.6 is 11.3 Å². The Morgan fingerprint density at radius 2 is 1.14 bits per heavy atom. The molecule has 2 N–H and O–H groups in total. The lowest BCUT2D eigenvalue weighted by atomic mass is 9.78. The molecule has 7 nitrogen and oxygen atoms in total. The van der Waals surface area contributed by atoms with Crippen LogP contribution in [0.3, 0.4) is 0 Å². The van der Waals surface area contributed by atoms with Crippen LogP contribution in [-0.4, -0.2) is 41.5 Å². The first-order valence-electron chi connectivity index (χ1n) is 22.7. The van der Waals surface area contributed by atoms with E-state index in [4.69, 9.17) is 19.3 Å². The van der Waals surface area contributed by atoms with Gasteiger partial charge >= 0.3 is 5.97 Å². The minimum Gasteiger partial charge on any atom is -0.508 e. The summed E-state index contributed by atoms with van der Waals surface area (Å²) < 4.78 is 16.9. The van der Waals surface area contributed by atoms with Crippen molar-refractivity contribution in [3.8, 4) is 17.2 Å². The normalized spacial score (nSPS) is 14.0. The fourth-order valence-corrected chi connectivity index (χ4v) is 7.67. The van der Waals surface area contributed by atoms with Gasteiger partial charge in [0.15, 0.2) is 6.29 Å². The summed E-state index contributed by atoms with van der Waals surface area (Å²) in [5, 5.41) is 20.8. The summed E-state index contributed by atoms with van der Waals surface area (Å²) >= 11 is 1.36. The third kappa shape index (κ3) is 18.4. The fraction of sp³-hybridized carbons (Fsp3) is 0.455. The number of ether oxygens (including phenoxy) is 3. The molecule has 0 fully saturated rings. The number of phenols is 2. The number of carbonyl (C=O) groups excluding carboxylic acids is 2. The highest BCUT2D eigenvalue weighted by atomic mass is 32.1. The summed E-state index contributed by atoms with van der Waals surface area (Å²) in [7, 11) is 0. The van der Waals surface area contributed by atoms with Crippen LogP contribution < -0.4 is 4.74 Å². The minimum atomic E-state index is -0.476. The van der Waals surface area contributed by atoms with Gasteiger partial charge in [-0.1, -0.05) is 129 Å². The van der Waals surface area contributed by atoms with Crippen molar-refractivity contribution < 1.29 is 34.0 Å². The van der Waals surface area contributed by atoms with Crippen molar-refractivity contribution in [3.05, 3.63) is 147 Å².